The number of aromatic nitrogens is 4. The minimum atomic E-state index is -3.03. The van der Waals surface area contributed by atoms with Crippen molar-refractivity contribution in [3.63, 3.8) is 0 Å². The highest BCUT2D eigenvalue weighted by atomic mass is 31.1. The van der Waals surface area contributed by atoms with Gasteiger partial charge in [-0.15, -0.1) is 6.42 Å². The maximum atomic E-state index is 13.6. The summed E-state index contributed by atoms with van der Waals surface area (Å²) < 4.78 is 48.0. The molecular weight excluding hydrogens is 492 g/mol. The number of carbonyl (C=O) groups is 1. The third kappa shape index (κ3) is 9.47. The molecule has 2 aromatic rings. The number of rotatable bonds is 18. The van der Waals surface area contributed by atoms with Crippen LogP contribution in [-0.2, 0) is 34.4 Å². The molecule has 2 rings (SSSR count). The molecule has 0 aliphatic rings. The number of aryl methyl sites for hydroxylation is 1. The Morgan fingerprint density at radius 1 is 1.22 bits per heavy atom. The van der Waals surface area contributed by atoms with Gasteiger partial charge in [-0.05, 0) is 6.42 Å². The molecule has 0 saturated heterocycles. The zero-order chi connectivity index (χ0) is 26.4. The van der Waals surface area contributed by atoms with Crippen LogP contribution in [0.3, 0.4) is 0 Å². The number of hydrogen-bond donors (Lipinski definition) is 1. The highest BCUT2D eigenvalue weighted by Gasteiger charge is 2.29. The van der Waals surface area contributed by atoms with E-state index in [2.05, 4.69) is 27.8 Å². The summed E-state index contributed by atoms with van der Waals surface area (Å²) in [5, 5.41) is 0. The number of fused-ring (bicyclic) bond motifs is 1. The number of nitrogen functional groups attached to an aromatic ring is 1. The lowest BCUT2D eigenvalue weighted by atomic mass is 10.0. The minimum Gasteiger partial charge on any atom is -0.464 e. The summed E-state index contributed by atoms with van der Waals surface area (Å²) in [6.07, 6.45) is 14.0. The zero-order valence-corrected chi connectivity index (χ0v) is 21.8. The number of nitrogens with two attached hydrogens (primary N) is 1. The van der Waals surface area contributed by atoms with Crippen LogP contribution >= 0.6 is 8.25 Å². The van der Waals surface area contributed by atoms with Gasteiger partial charge in [-0.1, -0.05) is 51.4 Å². The molecule has 2 atom stereocenters. The van der Waals surface area contributed by atoms with Crippen molar-refractivity contribution in [3.05, 3.63) is 12.4 Å². The molecule has 36 heavy (non-hydrogen) atoms. The molecule has 0 saturated carbocycles. The van der Waals surface area contributed by atoms with E-state index in [-0.39, 0.29) is 36.6 Å². The molecule has 0 radical (unpaired) electrons. The Morgan fingerprint density at radius 2 is 1.94 bits per heavy atom. The fourth-order valence-electron chi connectivity index (χ4n) is 3.43. The van der Waals surface area contributed by atoms with Crippen LogP contribution < -0.4 is 5.73 Å². The van der Waals surface area contributed by atoms with Crippen molar-refractivity contribution in [1.29, 1.82) is 0 Å². The second kappa shape index (κ2) is 15.5. The number of carbonyl (C=O) groups excluding carboxylic acids is 1. The van der Waals surface area contributed by atoms with Gasteiger partial charge in [0.1, 0.15) is 5.52 Å². The molecule has 13 heteroatoms. The van der Waals surface area contributed by atoms with Crippen molar-refractivity contribution in [1.82, 2.24) is 19.5 Å². The summed E-state index contributed by atoms with van der Waals surface area (Å²) in [5.74, 6) is 1.80. The first kappa shape index (κ1) is 29.6. The van der Waals surface area contributed by atoms with Gasteiger partial charge in [-0.2, -0.15) is 14.4 Å². The van der Waals surface area contributed by atoms with E-state index in [4.69, 9.17) is 30.7 Å². The second-order valence-electron chi connectivity index (χ2n) is 8.25. The highest BCUT2D eigenvalue weighted by Crippen LogP contribution is 2.28. The van der Waals surface area contributed by atoms with Crippen molar-refractivity contribution in [2.24, 2.45) is 0 Å². The molecular formula is C23H35FN5O6P. The lowest BCUT2D eigenvalue weighted by Crippen LogP contribution is -2.36. The number of esters is 1. The molecule has 0 spiro atoms. The molecule has 1 unspecified atom stereocenters. The van der Waals surface area contributed by atoms with Crippen molar-refractivity contribution in [2.45, 2.75) is 70.4 Å². The van der Waals surface area contributed by atoms with Gasteiger partial charge in [-0.25, -0.2) is 9.78 Å². The SMILES string of the molecule is C#C[C@](CCn1cnc2c(N)nc(F)nc21)(CO[PH](=O)OCC(=O)OCCCCCCCCC)OC. The van der Waals surface area contributed by atoms with Gasteiger partial charge in [-0.3, -0.25) is 9.09 Å². The lowest BCUT2D eigenvalue weighted by molar-refractivity contribution is -0.146. The van der Waals surface area contributed by atoms with Crippen LogP contribution in [0.25, 0.3) is 11.2 Å². The Balaban J connectivity index is 1.73. The Kier molecular flexibility index (Phi) is 12.8. The fraction of sp³-hybridized carbons (Fsp3) is 0.652. The number of nitrogens with zero attached hydrogens (tertiary/aromatic N) is 4. The minimum absolute atomic E-state index is 0.0776. The predicted octanol–water partition coefficient (Wildman–Crippen LogP) is 3.67. The molecule has 0 aromatic carbocycles. The van der Waals surface area contributed by atoms with Crippen LogP contribution in [0.4, 0.5) is 10.2 Å². The molecule has 0 aliphatic heterocycles. The van der Waals surface area contributed by atoms with Crippen LogP contribution in [-0.4, -0.2) is 58.0 Å². The first-order chi connectivity index (χ1) is 17.3. The lowest BCUT2D eigenvalue weighted by Gasteiger charge is -2.26. The summed E-state index contributed by atoms with van der Waals surface area (Å²) in [6, 6.07) is 0. The average molecular weight is 528 g/mol. The molecule has 0 bridgehead atoms. The topological polar surface area (TPSA) is 141 Å². The number of terminal acetylenes is 1. The molecule has 2 aromatic heterocycles. The van der Waals surface area contributed by atoms with E-state index in [1.807, 2.05) is 0 Å². The Labute approximate surface area is 211 Å². The van der Waals surface area contributed by atoms with Crippen LogP contribution in [0.1, 0.15) is 58.3 Å². The van der Waals surface area contributed by atoms with E-state index in [1.165, 1.54) is 39.1 Å². The van der Waals surface area contributed by atoms with E-state index in [1.54, 1.807) is 4.57 Å². The summed E-state index contributed by atoms with van der Waals surface area (Å²) in [4.78, 5) is 23.0. The monoisotopic (exact) mass is 527 g/mol. The van der Waals surface area contributed by atoms with Gasteiger partial charge in [0.25, 0.3) is 0 Å². The van der Waals surface area contributed by atoms with Gasteiger partial charge >= 0.3 is 20.3 Å². The standard InChI is InChI=1S/C23H35FN5O6P/c1-4-6-7-8-9-10-11-14-33-18(30)15-34-36(31)35-16-23(5-2,32-3)12-13-29-17-26-19-20(25)27-22(24)28-21(19)29/h2,17,36H,4,6-16H2,1,3H3,(H2,25,27,28)/t23-/m0/s1. The van der Waals surface area contributed by atoms with Crippen molar-refractivity contribution in [2.75, 3.05) is 32.7 Å². The smallest absolute Gasteiger partial charge is 0.332 e. The molecule has 2 heterocycles. The Morgan fingerprint density at radius 3 is 2.64 bits per heavy atom. The van der Waals surface area contributed by atoms with E-state index in [0.29, 0.717) is 6.61 Å². The fourth-order valence-corrected chi connectivity index (χ4v) is 4.10. The first-order valence-corrected chi connectivity index (χ1v) is 13.2. The number of imidazole rings is 1. The summed E-state index contributed by atoms with van der Waals surface area (Å²) >= 11 is 0. The molecule has 0 amide bonds. The number of ether oxygens (including phenoxy) is 2. The largest absolute Gasteiger partial charge is 0.464 e. The normalized spacial score (nSPS) is 13.8. The molecule has 11 nitrogen and oxygen atoms in total. The van der Waals surface area contributed by atoms with Gasteiger partial charge in [0.15, 0.2) is 23.7 Å². The summed E-state index contributed by atoms with van der Waals surface area (Å²) in [5.41, 5.74) is 4.87. The number of anilines is 1. The Hall–Kier alpha value is -2.58. The molecule has 0 aliphatic carbocycles. The maximum Gasteiger partial charge on any atom is 0.332 e. The van der Waals surface area contributed by atoms with Crippen LogP contribution in [0, 0.1) is 18.4 Å². The van der Waals surface area contributed by atoms with Crippen LogP contribution in [0.2, 0.25) is 0 Å². The predicted molar refractivity (Wildman–Crippen MR) is 133 cm³/mol. The zero-order valence-electron chi connectivity index (χ0n) is 20.8. The van der Waals surface area contributed by atoms with E-state index in [9.17, 15) is 13.8 Å². The van der Waals surface area contributed by atoms with Crippen molar-refractivity contribution in [3.8, 4) is 12.3 Å². The van der Waals surface area contributed by atoms with Crippen molar-refractivity contribution >= 4 is 31.2 Å². The number of halogens is 1. The quantitative estimate of drug-likeness (QED) is 0.100. The summed E-state index contributed by atoms with van der Waals surface area (Å²) in [7, 11) is -1.65. The maximum absolute atomic E-state index is 13.6. The molecule has 0 fully saturated rings. The van der Waals surface area contributed by atoms with Gasteiger partial charge in [0, 0.05) is 20.1 Å². The van der Waals surface area contributed by atoms with Crippen LogP contribution in [0.15, 0.2) is 6.33 Å². The first-order valence-electron chi connectivity index (χ1n) is 12.0. The Bertz CT molecular complexity index is 1050. The van der Waals surface area contributed by atoms with Gasteiger partial charge in [0.05, 0.1) is 19.5 Å². The third-order valence-electron chi connectivity index (χ3n) is 5.62. The van der Waals surface area contributed by atoms with Gasteiger partial charge < -0.3 is 24.3 Å². The second-order valence-corrected chi connectivity index (χ2v) is 9.33. The highest BCUT2D eigenvalue weighted by molar-refractivity contribution is 7.33. The molecule has 2 N–H and O–H groups in total. The summed E-state index contributed by atoms with van der Waals surface area (Å²) in [6.45, 7) is 1.94. The van der Waals surface area contributed by atoms with Gasteiger partial charge in [0.2, 0.25) is 0 Å². The number of hydrogen-bond acceptors (Lipinski definition) is 10. The van der Waals surface area contributed by atoms with E-state index >= 15 is 0 Å². The third-order valence-corrected chi connectivity index (χ3v) is 6.38. The van der Waals surface area contributed by atoms with Crippen molar-refractivity contribution < 1.29 is 32.3 Å². The average Bonchev–Trinajstić information content (AvgIpc) is 3.28. The van der Waals surface area contributed by atoms with E-state index in [0.717, 1.165) is 19.3 Å². The molecule has 200 valence electrons. The number of methoxy groups -OCH3 is 1. The van der Waals surface area contributed by atoms with E-state index < -0.39 is 32.5 Å². The number of unbranched alkanes of at least 4 members (excludes halogenated alkanes) is 6. The van der Waals surface area contributed by atoms with Crippen LogP contribution in [0.5, 0.6) is 0 Å².